The molecule has 3 amide bonds. The molecule has 15 nitrogen and oxygen atoms in total. The highest BCUT2D eigenvalue weighted by Gasteiger charge is 2.51. The summed E-state index contributed by atoms with van der Waals surface area (Å²) in [5, 5.41) is 14.9. The van der Waals surface area contributed by atoms with E-state index in [0.29, 0.717) is 77.0 Å². The number of halogens is 3. The number of fused-ring (bicyclic) bond motifs is 4. The molecule has 3 saturated heterocycles. The number of aromatic nitrogens is 5. The van der Waals surface area contributed by atoms with Gasteiger partial charge in [-0.2, -0.15) is 10.1 Å². The molecule has 4 aliphatic heterocycles. The predicted octanol–water partition coefficient (Wildman–Crippen LogP) is 5.09. The number of hydrogen-bond acceptors (Lipinski definition) is 11. The number of rotatable bonds is 6. The molecule has 7 heterocycles. The molecule has 5 aliphatic rings. The lowest BCUT2D eigenvalue weighted by Crippen LogP contribution is -2.61. The Morgan fingerprint density at radius 3 is 2.53 bits per heavy atom. The molecular weight excluding hydrogens is 786 g/mol. The van der Waals surface area contributed by atoms with Crippen LogP contribution in [-0.2, 0) is 23.7 Å². The molecule has 4 fully saturated rings. The van der Waals surface area contributed by atoms with Crippen LogP contribution in [0, 0.1) is 11.3 Å². The number of aryl methyl sites for hydroxylation is 2. The van der Waals surface area contributed by atoms with Crippen LogP contribution in [0.3, 0.4) is 0 Å². The summed E-state index contributed by atoms with van der Waals surface area (Å²) in [5.41, 5.74) is 2.81. The van der Waals surface area contributed by atoms with E-state index in [1.54, 1.807) is 49.2 Å². The first-order valence-electron chi connectivity index (χ1n) is 19.9. The summed E-state index contributed by atoms with van der Waals surface area (Å²) in [7, 11) is 3.37. The maximum absolute atomic E-state index is 15.1. The molecule has 5 aromatic rings. The topological polar surface area (TPSA) is 169 Å². The van der Waals surface area contributed by atoms with E-state index in [4.69, 9.17) is 21.3 Å². The average Bonchev–Trinajstić information content (AvgIpc) is 4.01. The molecule has 0 radical (unpaired) electrons. The molecule has 0 bridgehead atoms. The van der Waals surface area contributed by atoms with Crippen LogP contribution in [0.25, 0.3) is 21.8 Å². The van der Waals surface area contributed by atoms with Crippen molar-refractivity contribution in [3.63, 3.8) is 0 Å². The van der Waals surface area contributed by atoms with Crippen LogP contribution in [0.5, 0.6) is 5.75 Å². The Morgan fingerprint density at radius 1 is 1.00 bits per heavy atom. The van der Waals surface area contributed by atoms with Crippen molar-refractivity contribution < 1.29 is 27.9 Å². The summed E-state index contributed by atoms with van der Waals surface area (Å²) < 4.78 is 38.9. The largest absolute Gasteiger partial charge is 0.480 e. The standard InChI is InChI=1S/C41H41ClF2N10O5/c1-51-28-9-6-23(16-26(28)32-33(38(51)58)59-20-41(43,44)34(48-32)21-3-4-21)46-35-27(42)17-45-39(49-35)54-18-40(19-54)11-13-53(14-12-40)37(57)22-5-7-24-29(15-22)52(2)50-31(24)25-8-10-30(55)47-36(25)56/h5-7,9,15-17,21,25,34,48H,3-4,8,10-14,18-20H2,1-2H3,(H,45,46,49)(H,47,55,56)/t25?,34-/m0/s1. The van der Waals surface area contributed by atoms with E-state index in [9.17, 15) is 19.2 Å². The molecule has 1 aliphatic carbocycles. The molecule has 1 saturated carbocycles. The third kappa shape index (κ3) is 6.40. The van der Waals surface area contributed by atoms with Gasteiger partial charge in [-0.25, -0.2) is 13.8 Å². The van der Waals surface area contributed by atoms with Gasteiger partial charge in [-0.05, 0) is 68.4 Å². The summed E-state index contributed by atoms with van der Waals surface area (Å²) in [4.78, 5) is 64.5. The number of imide groups is 1. The Balaban J connectivity index is 0.813. The number of alkyl halides is 2. The fourth-order valence-electron chi connectivity index (χ4n) is 9.24. The number of carbonyl (C=O) groups is 3. The first-order chi connectivity index (χ1) is 28.3. The van der Waals surface area contributed by atoms with Gasteiger partial charge in [0.2, 0.25) is 23.5 Å². The number of likely N-dealkylation sites (tertiary alicyclic amines) is 1. The van der Waals surface area contributed by atoms with Crippen molar-refractivity contribution >= 4 is 74.3 Å². The number of nitrogens with one attached hydrogen (secondary N) is 3. The maximum Gasteiger partial charge on any atom is 0.301 e. The molecule has 2 atom stereocenters. The molecule has 10 rings (SSSR count). The third-order valence-electron chi connectivity index (χ3n) is 12.7. The molecule has 1 spiro atoms. The smallest absolute Gasteiger partial charge is 0.301 e. The Bertz CT molecular complexity index is 2660. The van der Waals surface area contributed by atoms with Crippen LogP contribution in [-0.4, -0.2) is 91.7 Å². The quantitative estimate of drug-likeness (QED) is 0.195. The Kier molecular flexibility index (Phi) is 8.63. The molecule has 306 valence electrons. The molecule has 1 unspecified atom stereocenters. The van der Waals surface area contributed by atoms with Crippen molar-refractivity contribution in [1.82, 2.24) is 34.5 Å². The number of ether oxygens (including phenoxy) is 1. The minimum Gasteiger partial charge on any atom is -0.480 e. The first kappa shape index (κ1) is 37.4. The van der Waals surface area contributed by atoms with E-state index in [1.807, 2.05) is 17.0 Å². The van der Waals surface area contributed by atoms with Crippen LogP contribution in [0.15, 0.2) is 47.4 Å². The monoisotopic (exact) mass is 826 g/mol. The van der Waals surface area contributed by atoms with Crippen LogP contribution in [0.2, 0.25) is 5.02 Å². The second-order valence-corrected chi connectivity index (χ2v) is 17.1. The average molecular weight is 827 g/mol. The number of carbonyl (C=O) groups excluding carboxylic acids is 3. The number of pyridine rings is 1. The van der Waals surface area contributed by atoms with Crippen LogP contribution in [0.1, 0.15) is 60.5 Å². The van der Waals surface area contributed by atoms with E-state index in [1.165, 1.54) is 4.57 Å². The molecule has 18 heteroatoms. The lowest BCUT2D eigenvalue weighted by molar-refractivity contribution is -0.134. The van der Waals surface area contributed by atoms with Crippen molar-refractivity contribution in [2.45, 2.75) is 56.4 Å². The summed E-state index contributed by atoms with van der Waals surface area (Å²) >= 11 is 6.60. The third-order valence-corrected chi connectivity index (χ3v) is 13.0. The number of anilines is 4. The fraction of sp³-hybridized carbons (Fsp3) is 0.439. The van der Waals surface area contributed by atoms with Gasteiger partial charge in [0, 0.05) is 74.1 Å². The molecule has 3 aromatic heterocycles. The molecular formula is C41H41ClF2N10O5. The van der Waals surface area contributed by atoms with Crippen molar-refractivity contribution in [1.29, 1.82) is 0 Å². The second-order valence-electron chi connectivity index (χ2n) is 16.7. The predicted molar refractivity (Wildman–Crippen MR) is 216 cm³/mol. The van der Waals surface area contributed by atoms with Crippen LogP contribution < -0.4 is 31.1 Å². The fourth-order valence-corrected chi connectivity index (χ4v) is 9.38. The van der Waals surface area contributed by atoms with Crippen molar-refractivity contribution in [2.24, 2.45) is 25.4 Å². The molecule has 2 aromatic carbocycles. The summed E-state index contributed by atoms with van der Waals surface area (Å²) in [6, 6.07) is 9.61. The summed E-state index contributed by atoms with van der Waals surface area (Å²) in [6.45, 7) is 1.76. The van der Waals surface area contributed by atoms with Gasteiger partial charge in [-0.3, -0.25) is 29.2 Å². The van der Waals surface area contributed by atoms with Gasteiger partial charge in [0.05, 0.1) is 40.6 Å². The second kappa shape index (κ2) is 13.6. The highest BCUT2D eigenvalue weighted by molar-refractivity contribution is 6.33. The van der Waals surface area contributed by atoms with Gasteiger partial charge in [0.25, 0.3) is 11.5 Å². The number of amides is 3. The van der Waals surface area contributed by atoms with E-state index in [0.717, 1.165) is 36.8 Å². The zero-order chi connectivity index (χ0) is 41.0. The lowest BCUT2D eigenvalue weighted by Gasteiger charge is -2.54. The van der Waals surface area contributed by atoms with E-state index >= 15 is 8.78 Å². The van der Waals surface area contributed by atoms with Gasteiger partial charge in [-0.1, -0.05) is 17.7 Å². The van der Waals surface area contributed by atoms with Crippen LogP contribution in [0.4, 0.5) is 31.9 Å². The van der Waals surface area contributed by atoms with Crippen LogP contribution >= 0.6 is 11.6 Å². The maximum atomic E-state index is 15.1. The molecule has 3 N–H and O–H groups in total. The highest BCUT2D eigenvalue weighted by atomic mass is 35.5. The first-order valence-corrected chi connectivity index (χ1v) is 20.2. The number of nitrogens with zero attached hydrogens (tertiary/aromatic N) is 7. The number of benzene rings is 2. The van der Waals surface area contributed by atoms with E-state index in [-0.39, 0.29) is 46.9 Å². The summed E-state index contributed by atoms with van der Waals surface area (Å²) in [6.07, 6.45) is 5.20. The minimum atomic E-state index is -3.15. The minimum absolute atomic E-state index is 0.00646. The van der Waals surface area contributed by atoms with Gasteiger partial charge < -0.3 is 29.7 Å². The summed E-state index contributed by atoms with van der Waals surface area (Å²) in [5.74, 6) is -3.81. The normalized spacial score (nSPS) is 22.3. The Hall–Kier alpha value is -5.84. The van der Waals surface area contributed by atoms with Gasteiger partial charge >= 0.3 is 5.92 Å². The van der Waals surface area contributed by atoms with Gasteiger partial charge in [0.1, 0.15) is 5.02 Å². The van der Waals surface area contributed by atoms with E-state index in [2.05, 4.69) is 30.9 Å². The lowest BCUT2D eigenvalue weighted by atomic mass is 9.72. The number of piperidine rings is 2. The van der Waals surface area contributed by atoms with Gasteiger partial charge in [0.15, 0.2) is 12.4 Å². The van der Waals surface area contributed by atoms with Crippen molar-refractivity contribution in [3.05, 3.63) is 69.2 Å². The van der Waals surface area contributed by atoms with Crippen molar-refractivity contribution in [3.8, 4) is 5.75 Å². The highest BCUT2D eigenvalue weighted by Crippen LogP contribution is 2.46. The van der Waals surface area contributed by atoms with Crippen molar-refractivity contribution in [2.75, 3.05) is 48.3 Å². The molecule has 59 heavy (non-hydrogen) atoms. The zero-order valence-electron chi connectivity index (χ0n) is 32.4. The van der Waals surface area contributed by atoms with E-state index < -0.39 is 30.0 Å². The number of hydrogen-bond donors (Lipinski definition) is 3. The Morgan fingerprint density at radius 2 is 1.78 bits per heavy atom. The van der Waals surface area contributed by atoms with Gasteiger partial charge in [-0.15, -0.1) is 0 Å². The Labute approximate surface area is 341 Å². The zero-order valence-corrected chi connectivity index (χ0v) is 33.1. The SMILES string of the molecule is Cn1nc(C2CCC(=O)NC2=O)c2ccc(C(=O)N3CCC4(CC3)CN(c3ncc(Cl)c(Nc5ccc6c(c5)c5c(c(=O)n6C)OCC(F)(F)[C@H](C6CC6)N5)n3)C4)cc21.